The molecule has 27 heavy (non-hydrogen) atoms. The Morgan fingerprint density at radius 1 is 1.30 bits per heavy atom. The van der Waals surface area contributed by atoms with Crippen molar-refractivity contribution in [3.8, 4) is 0 Å². The summed E-state index contributed by atoms with van der Waals surface area (Å²) < 4.78 is 11.3. The summed E-state index contributed by atoms with van der Waals surface area (Å²) in [5.74, 6) is -0.251. The van der Waals surface area contributed by atoms with Gasteiger partial charge in [-0.15, -0.1) is 0 Å². The molecule has 6 nitrogen and oxygen atoms in total. The minimum absolute atomic E-state index is 0.0599. The Hall–Kier alpha value is -1.89. The van der Waals surface area contributed by atoms with Crippen LogP contribution in [-0.4, -0.2) is 34.6 Å². The third-order valence-corrected chi connectivity index (χ3v) is 5.83. The second-order valence-electron chi connectivity index (χ2n) is 7.00. The molecule has 2 aromatic rings. The maximum Gasteiger partial charge on any atom is 0.356 e. The van der Waals surface area contributed by atoms with Gasteiger partial charge >= 0.3 is 11.9 Å². The Bertz CT molecular complexity index is 827. The van der Waals surface area contributed by atoms with Crippen LogP contribution in [0.2, 0.25) is 0 Å². The van der Waals surface area contributed by atoms with Crippen molar-refractivity contribution >= 4 is 38.9 Å². The van der Waals surface area contributed by atoms with Gasteiger partial charge in [-0.25, -0.2) is 9.78 Å². The highest BCUT2D eigenvalue weighted by Crippen LogP contribution is 2.29. The fraction of sp³-hybridized carbons (Fsp3) is 0.550. The number of halogens is 1. The van der Waals surface area contributed by atoms with Crippen LogP contribution in [-0.2, 0) is 20.7 Å². The van der Waals surface area contributed by atoms with Crippen molar-refractivity contribution in [1.29, 1.82) is 0 Å². The number of fused-ring (bicyclic) bond motifs is 1. The average molecular weight is 437 g/mol. The zero-order chi connectivity index (χ0) is 19.4. The van der Waals surface area contributed by atoms with Gasteiger partial charge in [-0.05, 0) is 60.7 Å². The number of carbonyl (C=O) groups is 2. The van der Waals surface area contributed by atoms with Gasteiger partial charge in [0.25, 0.3) is 0 Å². The first-order chi connectivity index (χ1) is 13.0. The third kappa shape index (κ3) is 4.69. The standard InChI is InChI=1S/C20H25BrN2O4/c1-3-26-20(25)16-10-9-14-15(18(21)23-19(14)22-16)11-17(24)27-12(2)13-7-5-4-6-8-13/h9-10,12-13H,3-8,11H2,1-2H3,(H,22,23). The molecule has 2 aromatic heterocycles. The van der Waals surface area contributed by atoms with Gasteiger partial charge in [-0.3, -0.25) is 4.79 Å². The van der Waals surface area contributed by atoms with E-state index in [9.17, 15) is 9.59 Å². The topological polar surface area (TPSA) is 81.3 Å². The van der Waals surface area contributed by atoms with Crippen LogP contribution in [0.5, 0.6) is 0 Å². The van der Waals surface area contributed by atoms with Crippen LogP contribution in [0.1, 0.15) is 62.0 Å². The summed E-state index contributed by atoms with van der Waals surface area (Å²) in [6.07, 6.45) is 6.07. The Morgan fingerprint density at radius 3 is 2.74 bits per heavy atom. The number of aromatic amines is 1. The summed E-state index contributed by atoms with van der Waals surface area (Å²) in [4.78, 5) is 31.7. The van der Waals surface area contributed by atoms with Crippen LogP contribution < -0.4 is 0 Å². The minimum atomic E-state index is -0.465. The van der Waals surface area contributed by atoms with Crippen molar-refractivity contribution in [3.63, 3.8) is 0 Å². The van der Waals surface area contributed by atoms with Crippen LogP contribution in [0.4, 0.5) is 0 Å². The summed E-state index contributed by atoms with van der Waals surface area (Å²) >= 11 is 3.45. The number of nitrogens with zero attached hydrogens (tertiary/aromatic N) is 1. The molecule has 3 rings (SSSR count). The van der Waals surface area contributed by atoms with Crippen molar-refractivity contribution in [1.82, 2.24) is 9.97 Å². The molecule has 0 amide bonds. The van der Waals surface area contributed by atoms with E-state index >= 15 is 0 Å². The van der Waals surface area contributed by atoms with Crippen molar-refractivity contribution in [2.75, 3.05) is 6.61 Å². The molecule has 1 unspecified atom stereocenters. The van der Waals surface area contributed by atoms with Gasteiger partial charge in [0.15, 0.2) is 5.69 Å². The Labute approximate surface area is 167 Å². The lowest BCUT2D eigenvalue weighted by Crippen LogP contribution is -2.26. The molecule has 2 heterocycles. The molecule has 1 saturated carbocycles. The molecule has 0 aromatic carbocycles. The van der Waals surface area contributed by atoms with Gasteiger partial charge in [0.2, 0.25) is 0 Å². The molecule has 1 fully saturated rings. The molecule has 0 spiro atoms. The highest BCUT2D eigenvalue weighted by Gasteiger charge is 2.24. The molecule has 146 valence electrons. The number of hydrogen-bond donors (Lipinski definition) is 1. The summed E-state index contributed by atoms with van der Waals surface area (Å²) in [7, 11) is 0. The van der Waals surface area contributed by atoms with Crippen molar-refractivity contribution in [2.24, 2.45) is 5.92 Å². The number of nitrogens with one attached hydrogen (secondary N) is 1. The maximum absolute atomic E-state index is 12.5. The zero-order valence-corrected chi connectivity index (χ0v) is 17.3. The molecule has 1 aliphatic carbocycles. The number of carbonyl (C=O) groups excluding carboxylic acids is 2. The van der Waals surface area contributed by atoms with Crippen LogP contribution >= 0.6 is 15.9 Å². The molecule has 0 radical (unpaired) electrons. The van der Waals surface area contributed by atoms with E-state index in [1.165, 1.54) is 19.3 Å². The van der Waals surface area contributed by atoms with Gasteiger partial charge in [0.05, 0.1) is 17.6 Å². The zero-order valence-electron chi connectivity index (χ0n) is 15.7. The van der Waals surface area contributed by atoms with E-state index < -0.39 is 5.97 Å². The smallest absolute Gasteiger partial charge is 0.356 e. The molecule has 0 bridgehead atoms. The van der Waals surface area contributed by atoms with Crippen molar-refractivity contribution in [3.05, 3.63) is 28.0 Å². The van der Waals surface area contributed by atoms with Crippen molar-refractivity contribution in [2.45, 2.75) is 58.5 Å². The van der Waals surface area contributed by atoms with Crippen LogP contribution in [0.3, 0.4) is 0 Å². The molecule has 7 heteroatoms. The fourth-order valence-electron chi connectivity index (χ4n) is 3.68. The second-order valence-corrected chi connectivity index (χ2v) is 7.79. The summed E-state index contributed by atoms with van der Waals surface area (Å²) in [5, 5.41) is 0.789. The molecule has 1 aliphatic rings. The van der Waals surface area contributed by atoms with E-state index in [0.29, 0.717) is 22.8 Å². The van der Waals surface area contributed by atoms with Gasteiger partial charge in [-0.1, -0.05) is 19.3 Å². The number of rotatable bonds is 6. The molecule has 1 N–H and O–H groups in total. The van der Waals surface area contributed by atoms with Crippen molar-refractivity contribution < 1.29 is 19.1 Å². The van der Waals surface area contributed by atoms with Gasteiger partial charge in [0.1, 0.15) is 11.8 Å². The highest BCUT2D eigenvalue weighted by molar-refractivity contribution is 9.10. The number of hydrogen-bond acceptors (Lipinski definition) is 5. The maximum atomic E-state index is 12.5. The second kappa shape index (κ2) is 8.87. The number of esters is 2. The quantitative estimate of drug-likeness (QED) is 0.671. The predicted molar refractivity (Wildman–Crippen MR) is 106 cm³/mol. The summed E-state index contributed by atoms with van der Waals surface area (Å²) in [6, 6.07) is 3.39. The normalized spacial score (nSPS) is 16.3. The van der Waals surface area contributed by atoms with E-state index in [1.54, 1.807) is 19.1 Å². The number of pyridine rings is 1. The van der Waals surface area contributed by atoms with Gasteiger partial charge in [0, 0.05) is 10.9 Å². The Kier molecular flexibility index (Phi) is 6.52. The predicted octanol–water partition coefficient (Wildman–Crippen LogP) is 4.56. The SMILES string of the molecule is CCOC(=O)c1ccc2c(CC(=O)OC(C)C3CCCCC3)c(Br)[nH]c2n1. The van der Waals surface area contributed by atoms with Gasteiger partial charge < -0.3 is 14.5 Å². The average Bonchev–Trinajstić information content (AvgIpc) is 2.97. The van der Waals surface area contributed by atoms with Crippen LogP contribution in [0, 0.1) is 5.92 Å². The number of aromatic nitrogens is 2. The number of ether oxygens (including phenoxy) is 2. The highest BCUT2D eigenvalue weighted by atomic mass is 79.9. The first kappa shape index (κ1) is 19.9. The Balaban J connectivity index is 1.71. The van der Waals surface area contributed by atoms with E-state index in [-0.39, 0.29) is 24.2 Å². The molecular formula is C20H25BrN2O4. The molecule has 0 saturated heterocycles. The van der Waals surface area contributed by atoms with Crippen LogP contribution in [0.15, 0.2) is 16.7 Å². The molecule has 1 atom stereocenters. The molecular weight excluding hydrogens is 412 g/mol. The third-order valence-electron chi connectivity index (χ3n) is 5.15. The lowest BCUT2D eigenvalue weighted by Gasteiger charge is -2.27. The first-order valence-corrected chi connectivity index (χ1v) is 10.3. The van der Waals surface area contributed by atoms with E-state index in [2.05, 4.69) is 25.9 Å². The van der Waals surface area contributed by atoms with Gasteiger partial charge in [-0.2, -0.15) is 0 Å². The van der Waals surface area contributed by atoms with E-state index in [1.807, 2.05) is 6.92 Å². The van der Waals surface area contributed by atoms with Crippen LogP contribution in [0.25, 0.3) is 11.0 Å². The molecule has 0 aliphatic heterocycles. The van der Waals surface area contributed by atoms with E-state index in [0.717, 1.165) is 23.8 Å². The monoisotopic (exact) mass is 436 g/mol. The fourth-order valence-corrected chi connectivity index (χ4v) is 4.22. The lowest BCUT2D eigenvalue weighted by atomic mass is 9.86. The first-order valence-electron chi connectivity index (χ1n) is 9.53. The largest absolute Gasteiger partial charge is 0.462 e. The lowest BCUT2D eigenvalue weighted by molar-refractivity contribution is -0.150. The Morgan fingerprint density at radius 2 is 2.04 bits per heavy atom. The van der Waals surface area contributed by atoms with E-state index in [4.69, 9.17) is 9.47 Å². The summed E-state index contributed by atoms with van der Waals surface area (Å²) in [5.41, 5.74) is 1.56. The summed E-state index contributed by atoms with van der Waals surface area (Å²) in [6.45, 7) is 4.04. The minimum Gasteiger partial charge on any atom is -0.462 e. The number of H-pyrrole nitrogens is 1.